The third-order valence-electron chi connectivity index (χ3n) is 3.52. The monoisotopic (exact) mass is 447 g/mol. The molecule has 0 unspecified atom stereocenters. The van der Waals surface area contributed by atoms with E-state index in [9.17, 15) is 9.59 Å². The Hall–Kier alpha value is -2.87. The average Bonchev–Trinajstić information content (AvgIpc) is 2.68. The Morgan fingerprint density at radius 1 is 1.14 bits per heavy atom. The highest BCUT2D eigenvalue weighted by Gasteiger charge is 2.09. The van der Waals surface area contributed by atoms with Gasteiger partial charge in [-0.1, -0.05) is 22.9 Å². The van der Waals surface area contributed by atoms with Gasteiger partial charge in [0.2, 0.25) is 11.8 Å². The van der Waals surface area contributed by atoms with Gasteiger partial charge < -0.3 is 14.8 Å². The number of nitrogens with one attached hydrogen (secondary N) is 2. The zero-order valence-corrected chi connectivity index (χ0v) is 17.3. The molecule has 0 bridgehead atoms. The number of carbonyl (C=O) groups is 2. The van der Waals surface area contributed by atoms with Crippen molar-refractivity contribution in [3.8, 4) is 11.5 Å². The number of hydrogen-bond donors (Lipinski definition) is 2. The fraction of sp³-hybridized carbons (Fsp3) is 0.250. The first kappa shape index (κ1) is 21.4. The van der Waals surface area contributed by atoms with Gasteiger partial charge in [-0.25, -0.2) is 5.43 Å². The summed E-state index contributed by atoms with van der Waals surface area (Å²) in [5.74, 6) is 0.390. The molecule has 2 amide bonds. The van der Waals surface area contributed by atoms with Crippen molar-refractivity contribution in [2.45, 2.75) is 19.8 Å². The maximum absolute atomic E-state index is 11.9. The molecule has 2 N–H and O–H groups in total. The van der Waals surface area contributed by atoms with Gasteiger partial charge in [-0.2, -0.15) is 5.10 Å². The van der Waals surface area contributed by atoms with E-state index in [0.29, 0.717) is 29.4 Å². The summed E-state index contributed by atoms with van der Waals surface area (Å²) in [6, 6.07) is 12.3. The molecule has 8 heteroatoms. The molecule has 0 aromatic heterocycles. The van der Waals surface area contributed by atoms with Crippen molar-refractivity contribution in [1.29, 1.82) is 0 Å². The van der Waals surface area contributed by atoms with Crippen LogP contribution in [0, 0.1) is 0 Å². The normalized spacial score (nSPS) is 10.5. The highest BCUT2D eigenvalue weighted by Crippen LogP contribution is 2.22. The number of ether oxygens (including phenoxy) is 2. The lowest BCUT2D eigenvalue weighted by Gasteiger charge is -2.08. The highest BCUT2D eigenvalue weighted by atomic mass is 79.9. The van der Waals surface area contributed by atoms with Crippen LogP contribution in [0.2, 0.25) is 0 Å². The van der Waals surface area contributed by atoms with Gasteiger partial charge in [0.15, 0.2) is 0 Å². The quantitative estimate of drug-likeness (QED) is 0.348. The lowest BCUT2D eigenvalue weighted by molar-refractivity contribution is -0.126. The predicted octanol–water partition coefficient (Wildman–Crippen LogP) is 3.73. The van der Waals surface area contributed by atoms with Crippen molar-refractivity contribution < 1.29 is 19.1 Å². The molecule has 0 saturated heterocycles. The molecule has 0 spiro atoms. The van der Waals surface area contributed by atoms with E-state index in [4.69, 9.17) is 9.47 Å². The van der Waals surface area contributed by atoms with Gasteiger partial charge in [0.1, 0.15) is 17.9 Å². The summed E-state index contributed by atoms with van der Waals surface area (Å²) in [6.45, 7) is 2.60. The molecule has 0 saturated carbocycles. The number of anilines is 1. The van der Waals surface area contributed by atoms with Crippen molar-refractivity contribution in [1.82, 2.24) is 5.43 Å². The molecule has 2 rings (SSSR count). The molecule has 0 aliphatic heterocycles. The lowest BCUT2D eigenvalue weighted by atomic mass is 10.2. The second-order valence-corrected chi connectivity index (χ2v) is 6.69. The number of hydrazone groups is 1. The summed E-state index contributed by atoms with van der Waals surface area (Å²) in [7, 11) is 1.56. The molecule has 148 valence electrons. The van der Waals surface area contributed by atoms with E-state index in [-0.39, 0.29) is 6.42 Å². The van der Waals surface area contributed by atoms with Crippen LogP contribution in [-0.2, 0) is 9.59 Å². The summed E-state index contributed by atoms with van der Waals surface area (Å²) < 4.78 is 11.6. The Morgan fingerprint density at radius 3 is 2.57 bits per heavy atom. The number of methoxy groups -OCH3 is 1. The van der Waals surface area contributed by atoms with Gasteiger partial charge in [0, 0.05) is 15.7 Å². The molecule has 0 aliphatic carbocycles. The number of nitrogens with zero attached hydrogens (tertiary/aromatic N) is 1. The van der Waals surface area contributed by atoms with Gasteiger partial charge >= 0.3 is 0 Å². The summed E-state index contributed by atoms with van der Waals surface area (Å²) in [6.07, 6.45) is 2.02. The molecule has 0 heterocycles. The second kappa shape index (κ2) is 11.1. The van der Waals surface area contributed by atoms with Gasteiger partial charge in [-0.3, -0.25) is 9.59 Å². The van der Waals surface area contributed by atoms with E-state index < -0.39 is 11.8 Å². The van der Waals surface area contributed by atoms with Crippen molar-refractivity contribution in [2.24, 2.45) is 5.10 Å². The fourth-order valence-electron chi connectivity index (χ4n) is 2.20. The molecule has 0 atom stereocenters. The Bertz CT molecular complexity index is 838. The number of amides is 2. The maximum atomic E-state index is 11.9. The smallest absolute Gasteiger partial charge is 0.249 e. The highest BCUT2D eigenvalue weighted by molar-refractivity contribution is 9.10. The van der Waals surface area contributed by atoms with Crippen LogP contribution in [0.3, 0.4) is 0 Å². The van der Waals surface area contributed by atoms with Crippen molar-refractivity contribution in [3.05, 3.63) is 52.5 Å². The molecule has 7 nitrogen and oxygen atoms in total. The number of hydrogen-bond acceptors (Lipinski definition) is 5. The van der Waals surface area contributed by atoms with Gasteiger partial charge in [-0.05, 0) is 48.9 Å². The topological polar surface area (TPSA) is 89.0 Å². The van der Waals surface area contributed by atoms with Crippen LogP contribution in [0.25, 0.3) is 0 Å². The minimum Gasteiger partial charge on any atom is -0.497 e. The lowest BCUT2D eigenvalue weighted by Crippen LogP contribution is -2.24. The average molecular weight is 448 g/mol. The van der Waals surface area contributed by atoms with Crippen LogP contribution < -0.4 is 20.2 Å². The molecule has 28 heavy (non-hydrogen) atoms. The Kier molecular flexibility index (Phi) is 8.48. The van der Waals surface area contributed by atoms with E-state index in [2.05, 4.69) is 31.8 Å². The van der Waals surface area contributed by atoms with Crippen LogP contribution >= 0.6 is 15.9 Å². The summed E-state index contributed by atoms with van der Waals surface area (Å²) in [5, 5.41) is 6.55. The van der Waals surface area contributed by atoms with Crippen LogP contribution in [-0.4, -0.2) is 31.7 Å². The summed E-state index contributed by atoms with van der Waals surface area (Å²) >= 11 is 3.39. The van der Waals surface area contributed by atoms with Crippen LogP contribution in [0.4, 0.5) is 5.69 Å². The SMILES string of the molecule is CCCOc1ccc(Br)cc1C=NNC(=O)CC(=O)Nc1ccc(OC)cc1. The Balaban J connectivity index is 1.87. The van der Waals surface area contributed by atoms with E-state index in [0.717, 1.165) is 10.9 Å². The molecule has 0 aliphatic rings. The number of rotatable bonds is 9. The first-order valence-electron chi connectivity index (χ1n) is 8.70. The van der Waals surface area contributed by atoms with Gasteiger partial charge in [-0.15, -0.1) is 0 Å². The first-order chi connectivity index (χ1) is 13.5. The number of halogens is 1. The summed E-state index contributed by atoms with van der Waals surface area (Å²) in [5.41, 5.74) is 3.64. The van der Waals surface area contributed by atoms with Gasteiger partial charge in [0.05, 0.1) is 19.9 Å². The third-order valence-corrected chi connectivity index (χ3v) is 4.01. The van der Waals surface area contributed by atoms with Crippen LogP contribution in [0.5, 0.6) is 11.5 Å². The Morgan fingerprint density at radius 2 is 1.89 bits per heavy atom. The van der Waals surface area contributed by atoms with Gasteiger partial charge in [0.25, 0.3) is 0 Å². The molecule has 2 aromatic rings. The standard InChI is InChI=1S/C20H22BrN3O4/c1-3-10-28-18-9-4-15(21)11-14(18)13-22-24-20(26)12-19(25)23-16-5-7-17(27-2)8-6-16/h4-9,11,13H,3,10,12H2,1-2H3,(H,23,25)(H,24,26). The molecule has 2 aromatic carbocycles. The number of benzene rings is 2. The van der Waals surface area contributed by atoms with Crippen LogP contribution in [0.1, 0.15) is 25.3 Å². The first-order valence-corrected chi connectivity index (χ1v) is 9.49. The zero-order valence-electron chi connectivity index (χ0n) is 15.7. The van der Waals surface area contributed by atoms with E-state index in [1.54, 1.807) is 31.4 Å². The molecular weight excluding hydrogens is 426 g/mol. The fourth-order valence-corrected chi connectivity index (χ4v) is 2.58. The second-order valence-electron chi connectivity index (χ2n) is 5.78. The van der Waals surface area contributed by atoms with E-state index >= 15 is 0 Å². The molecule has 0 radical (unpaired) electrons. The zero-order chi connectivity index (χ0) is 20.4. The largest absolute Gasteiger partial charge is 0.497 e. The molecule has 0 fully saturated rings. The summed E-state index contributed by atoms with van der Waals surface area (Å²) in [4.78, 5) is 23.9. The minimum absolute atomic E-state index is 0.346. The predicted molar refractivity (Wildman–Crippen MR) is 112 cm³/mol. The van der Waals surface area contributed by atoms with Crippen molar-refractivity contribution >= 4 is 39.6 Å². The van der Waals surface area contributed by atoms with E-state index in [1.807, 2.05) is 25.1 Å². The number of carbonyl (C=O) groups excluding carboxylic acids is 2. The van der Waals surface area contributed by atoms with Crippen molar-refractivity contribution in [2.75, 3.05) is 19.0 Å². The Labute approximate surface area is 172 Å². The molecular formula is C20H22BrN3O4. The van der Waals surface area contributed by atoms with Crippen LogP contribution in [0.15, 0.2) is 52.0 Å². The maximum Gasteiger partial charge on any atom is 0.249 e. The van der Waals surface area contributed by atoms with E-state index in [1.165, 1.54) is 6.21 Å². The third kappa shape index (κ3) is 7.03. The minimum atomic E-state index is -0.520. The van der Waals surface area contributed by atoms with Crippen molar-refractivity contribution in [3.63, 3.8) is 0 Å².